The van der Waals surface area contributed by atoms with Crippen LogP contribution in [0.2, 0.25) is 0 Å². The van der Waals surface area contributed by atoms with Crippen LogP contribution in [0.25, 0.3) is 10.8 Å². The molecule has 3 aromatic rings. The first-order chi connectivity index (χ1) is 11.6. The van der Waals surface area contributed by atoms with Crippen LogP contribution in [0.4, 0.5) is 5.69 Å². The number of hydrogen-bond donors (Lipinski definition) is 1. The maximum absolute atomic E-state index is 12.7. The largest absolute Gasteiger partial charge is 0.497 e. The van der Waals surface area contributed by atoms with Crippen LogP contribution in [0.3, 0.4) is 0 Å². The second-order valence-electron chi connectivity index (χ2n) is 5.18. The number of carbonyl (C=O) groups is 1. The van der Waals surface area contributed by atoms with Gasteiger partial charge in [-0.1, -0.05) is 30.3 Å². The standard InChI is InChI=1S/C19H16BrNO3/c1-23-14-8-5-7-13(11-14)21-19(22)16-10-12-6-3-4-9-15(12)17(20)18(16)24-2/h3-11H,1-2H3,(H,21,22). The van der Waals surface area contributed by atoms with E-state index in [0.717, 1.165) is 15.2 Å². The minimum Gasteiger partial charge on any atom is -0.497 e. The summed E-state index contributed by atoms with van der Waals surface area (Å²) >= 11 is 3.54. The van der Waals surface area contributed by atoms with Gasteiger partial charge in [0.05, 0.1) is 24.3 Å². The van der Waals surface area contributed by atoms with E-state index in [2.05, 4.69) is 21.2 Å². The van der Waals surface area contributed by atoms with Gasteiger partial charge in [-0.3, -0.25) is 4.79 Å². The van der Waals surface area contributed by atoms with Gasteiger partial charge in [-0.25, -0.2) is 0 Å². The highest BCUT2D eigenvalue weighted by molar-refractivity contribution is 9.10. The number of benzene rings is 3. The summed E-state index contributed by atoms with van der Waals surface area (Å²) < 4.78 is 11.4. The Hall–Kier alpha value is -2.53. The normalized spacial score (nSPS) is 10.5. The van der Waals surface area contributed by atoms with E-state index < -0.39 is 0 Å². The Balaban J connectivity index is 2.02. The van der Waals surface area contributed by atoms with Crippen molar-refractivity contribution in [2.45, 2.75) is 0 Å². The monoisotopic (exact) mass is 385 g/mol. The van der Waals surface area contributed by atoms with Crippen LogP contribution < -0.4 is 14.8 Å². The van der Waals surface area contributed by atoms with Gasteiger partial charge in [-0.15, -0.1) is 0 Å². The lowest BCUT2D eigenvalue weighted by molar-refractivity contribution is 0.102. The van der Waals surface area contributed by atoms with E-state index in [9.17, 15) is 4.79 Å². The molecule has 0 unspecified atom stereocenters. The van der Waals surface area contributed by atoms with E-state index >= 15 is 0 Å². The molecule has 122 valence electrons. The first-order valence-corrected chi connectivity index (χ1v) is 8.14. The second kappa shape index (κ2) is 6.93. The lowest BCUT2D eigenvalue weighted by Crippen LogP contribution is -2.13. The molecule has 0 heterocycles. The second-order valence-corrected chi connectivity index (χ2v) is 5.97. The Morgan fingerprint density at radius 2 is 1.79 bits per heavy atom. The van der Waals surface area contributed by atoms with Crippen LogP contribution in [0.5, 0.6) is 11.5 Å². The Morgan fingerprint density at radius 3 is 2.54 bits per heavy atom. The minimum absolute atomic E-state index is 0.244. The molecule has 5 heteroatoms. The lowest BCUT2D eigenvalue weighted by atomic mass is 10.1. The zero-order valence-corrected chi connectivity index (χ0v) is 14.9. The van der Waals surface area contributed by atoms with Gasteiger partial charge in [0, 0.05) is 11.8 Å². The van der Waals surface area contributed by atoms with Crippen molar-refractivity contribution in [1.29, 1.82) is 0 Å². The predicted octanol–water partition coefficient (Wildman–Crippen LogP) is 4.87. The molecular formula is C19H16BrNO3. The summed E-state index contributed by atoms with van der Waals surface area (Å²) in [6.07, 6.45) is 0. The zero-order chi connectivity index (χ0) is 17.1. The molecule has 0 aliphatic carbocycles. The first-order valence-electron chi connectivity index (χ1n) is 7.34. The molecule has 0 bridgehead atoms. The molecule has 0 saturated carbocycles. The average Bonchev–Trinajstić information content (AvgIpc) is 2.61. The van der Waals surface area contributed by atoms with Crippen molar-refractivity contribution < 1.29 is 14.3 Å². The van der Waals surface area contributed by atoms with Crippen LogP contribution in [-0.4, -0.2) is 20.1 Å². The van der Waals surface area contributed by atoms with Gasteiger partial charge in [0.2, 0.25) is 0 Å². The summed E-state index contributed by atoms with van der Waals surface area (Å²) in [6.45, 7) is 0. The molecule has 0 fully saturated rings. The molecular weight excluding hydrogens is 370 g/mol. The first kappa shape index (κ1) is 16.3. The third-order valence-corrected chi connectivity index (χ3v) is 4.50. The number of ether oxygens (including phenoxy) is 2. The van der Waals surface area contributed by atoms with Crippen molar-refractivity contribution in [3.05, 3.63) is 64.6 Å². The molecule has 1 N–H and O–H groups in total. The Bertz CT molecular complexity index is 908. The maximum atomic E-state index is 12.7. The van der Waals surface area contributed by atoms with Gasteiger partial charge < -0.3 is 14.8 Å². The van der Waals surface area contributed by atoms with Gasteiger partial charge in [0.1, 0.15) is 11.5 Å². The molecule has 0 aliphatic heterocycles. The molecule has 0 saturated heterocycles. The maximum Gasteiger partial charge on any atom is 0.259 e. The molecule has 3 rings (SSSR count). The number of methoxy groups -OCH3 is 2. The summed E-state index contributed by atoms with van der Waals surface area (Å²) in [4.78, 5) is 12.7. The minimum atomic E-state index is -0.244. The van der Waals surface area contributed by atoms with Crippen molar-refractivity contribution >= 4 is 38.3 Å². The van der Waals surface area contributed by atoms with E-state index in [-0.39, 0.29) is 5.91 Å². The molecule has 0 radical (unpaired) electrons. The van der Waals surface area contributed by atoms with Crippen LogP contribution in [0, 0.1) is 0 Å². The smallest absolute Gasteiger partial charge is 0.259 e. The van der Waals surface area contributed by atoms with Gasteiger partial charge in [-0.05, 0) is 44.9 Å². The van der Waals surface area contributed by atoms with Crippen LogP contribution >= 0.6 is 15.9 Å². The van der Waals surface area contributed by atoms with E-state index in [0.29, 0.717) is 22.7 Å². The summed E-state index contributed by atoms with van der Waals surface area (Å²) in [5, 5.41) is 4.83. The highest BCUT2D eigenvalue weighted by Crippen LogP contribution is 2.37. The molecule has 4 nitrogen and oxygen atoms in total. The van der Waals surface area contributed by atoms with Gasteiger partial charge in [0.25, 0.3) is 5.91 Å². The Kier molecular flexibility index (Phi) is 4.71. The van der Waals surface area contributed by atoms with Crippen LogP contribution in [0.1, 0.15) is 10.4 Å². The summed E-state index contributed by atoms with van der Waals surface area (Å²) in [5.74, 6) is 0.945. The number of hydrogen-bond acceptors (Lipinski definition) is 3. The summed E-state index contributed by atoms with van der Waals surface area (Å²) in [5.41, 5.74) is 1.12. The van der Waals surface area contributed by atoms with Crippen molar-refractivity contribution in [3.8, 4) is 11.5 Å². The summed E-state index contributed by atoms with van der Waals surface area (Å²) in [6, 6.07) is 16.9. The number of carbonyl (C=O) groups excluding carboxylic acids is 1. The number of anilines is 1. The predicted molar refractivity (Wildman–Crippen MR) is 99.1 cm³/mol. The quantitative estimate of drug-likeness (QED) is 0.696. The highest BCUT2D eigenvalue weighted by Gasteiger charge is 2.18. The van der Waals surface area contributed by atoms with Crippen molar-refractivity contribution in [2.24, 2.45) is 0 Å². The molecule has 3 aromatic carbocycles. The lowest BCUT2D eigenvalue weighted by Gasteiger charge is -2.14. The number of halogens is 1. The van der Waals surface area contributed by atoms with Crippen LogP contribution in [-0.2, 0) is 0 Å². The topological polar surface area (TPSA) is 47.6 Å². The van der Waals surface area contributed by atoms with E-state index in [1.54, 1.807) is 20.3 Å². The van der Waals surface area contributed by atoms with Crippen molar-refractivity contribution in [3.63, 3.8) is 0 Å². The fourth-order valence-corrected chi connectivity index (χ4v) is 3.29. The van der Waals surface area contributed by atoms with Crippen LogP contribution in [0.15, 0.2) is 59.1 Å². The van der Waals surface area contributed by atoms with E-state index in [1.165, 1.54) is 0 Å². The number of rotatable bonds is 4. The molecule has 0 atom stereocenters. The van der Waals surface area contributed by atoms with E-state index in [4.69, 9.17) is 9.47 Å². The molecule has 0 aromatic heterocycles. The van der Waals surface area contributed by atoms with Gasteiger partial charge >= 0.3 is 0 Å². The van der Waals surface area contributed by atoms with Gasteiger partial charge in [-0.2, -0.15) is 0 Å². The third-order valence-electron chi connectivity index (χ3n) is 3.72. The Labute approximate surface area is 148 Å². The van der Waals surface area contributed by atoms with Crippen molar-refractivity contribution in [2.75, 3.05) is 19.5 Å². The summed E-state index contributed by atoms with van der Waals surface area (Å²) in [7, 11) is 3.14. The number of nitrogens with one attached hydrogen (secondary N) is 1. The molecule has 0 spiro atoms. The molecule has 1 amide bonds. The fraction of sp³-hybridized carbons (Fsp3) is 0.105. The van der Waals surface area contributed by atoms with E-state index in [1.807, 2.05) is 48.5 Å². The van der Waals surface area contributed by atoms with Crippen molar-refractivity contribution in [1.82, 2.24) is 0 Å². The third kappa shape index (κ3) is 3.08. The highest BCUT2D eigenvalue weighted by atomic mass is 79.9. The molecule has 0 aliphatic rings. The average molecular weight is 386 g/mol. The van der Waals surface area contributed by atoms with Gasteiger partial charge in [0.15, 0.2) is 0 Å². The zero-order valence-electron chi connectivity index (χ0n) is 13.3. The SMILES string of the molecule is COc1cccc(NC(=O)c2cc3ccccc3c(Br)c2OC)c1. The molecule has 24 heavy (non-hydrogen) atoms. The number of fused-ring (bicyclic) bond motifs is 1. The Morgan fingerprint density at radius 1 is 1.00 bits per heavy atom. The fourth-order valence-electron chi connectivity index (χ4n) is 2.55. The number of amides is 1.